The third-order valence-corrected chi connectivity index (χ3v) is 4.87. The van der Waals surface area contributed by atoms with E-state index in [2.05, 4.69) is 0 Å². The number of methoxy groups -OCH3 is 1. The molecule has 3 rings (SSSR count). The van der Waals surface area contributed by atoms with Crippen LogP contribution in [0.2, 0.25) is 0 Å². The Kier molecular flexibility index (Phi) is 4.12. The van der Waals surface area contributed by atoms with E-state index >= 15 is 0 Å². The molecule has 1 aliphatic heterocycles. The van der Waals surface area contributed by atoms with E-state index in [0.29, 0.717) is 13.0 Å². The van der Waals surface area contributed by atoms with Crippen molar-refractivity contribution in [3.8, 4) is 0 Å². The Bertz CT molecular complexity index is 928. The molecular formula is C16H15NO6S. The van der Waals surface area contributed by atoms with Crippen LogP contribution in [0.15, 0.2) is 35.2 Å². The summed E-state index contributed by atoms with van der Waals surface area (Å²) in [6.45, 7) is 0.622. The van der Waals surface area contributed by atoms with Gasteiger partial charge in [0.15, 0.2) is 0 Å². The van der Waals surface area contributed by atoms with Gasteiger partial charge in [0.2, 0.25) is 0 Å². The molecule has 0 aromatic heterocycles. The van der Waals surface area contributed by atoms with E-state index in [1.165, 1.54) is 37.4 Å². The number of ether oxygens (including phenoxy) is 1. The molecule has 1 N–H and O–H groups in total. The van der Waals surface area contributed by atoms with Gasteiger partial charge >= 0.3 is 0 Å². The number of benzene rings is 2. The number of hydrogen-bond donors (Lipinski definition) is 1. The summed E-state index contributed by atoms with van der Waals surface area (Å²) in [7, 11) is -2.93. The first-order chi connectivity index (χ1) is 11.4. The van der Waals surface area contributed by atoms with Gasteiger partial charge < -0.3 is 4.74 Å². The van der Waals surface area contributed by atoms with Crippen LogP contribution in [-0.4, -0.2) is 49.9 Å². The van der Waals surface area contributed by atoms with Gasteiger partial charge in [0.05, 0.1) is 0 Å². The van der Waals surface area contributed by atoms with Crippen LogP contribution in [0.4, 0.5) is 0 Å². The summed E-state index contributed by atoms with van der Waals surface area (Å²) in [4.78, 5) is 26.0. The Morgan fingerprint density at radius 1 is 1.08 bits per heavy atom. The van der Waals surface area contributed by atoms with E-state index in [-0.39, 0.29) is 33.3 Å². The summed E-state index contributed by atoms with van der Waals surface area (Å²) < 4.78 is 37.4. The third kappa shape index (κ3) is 2.58. The van der Waals surface area contributed by atoms with Gasteiger partial charge in [-0.15, -0.1) is 0 Å². The summed E-state index contributed by atoms with van der Waals surface area (Å²) in [6.07, 6.45) is 0.502. The molecule has 0 atom stereocenters. The van der Waals surface area contributed by atoms with Crippen molar-refractivity contribution in [2.24, 2.45) is 0 Å². The first-order valence-electron chi connectivity index (χ1n) is 7.24. The van der Waals surface area contributed by atoms with Gasteiger partial charge in [0.25, 0.3) is 21.9 Å². The van der Waals surface area contributed by atoms with Crippen LogP contribution in [0.1, 0.15) is 27.1 Å². The molecule has 2 aromatic carbocycles. The van der Waals surface area contributed by atoms with Crippen LogP contribution in [0.3, 0.4) is 0 Å². The molecule has 0 fully saturated rings. The van der Waals surface area contributed by atoms with Crippen LogP contribution in [0, 0.1) is 0 Å². The molecule has 8 heteroatoms. The minimum absolute atomic E-state index is 0.158. The summed E-state index contributed by atoms with van der Waals surface area (Å²) in [5.41, 5.74) is 0.482. The van der Waals surface area contributed by atoms with Gasteiger partial charge in [-0.05, 0) is 24.6 Å². The molecule has 24 heavy (non-hydrogen) atoms. The largest absolute Gasteiger partial charge is 0.385 e. The average molecular weight is 349 g/mol. The lowest BCUT2D eigenvalue weighted by molar-refractivity contribution is 0.0595. The Morgan fingerprint density at radius 3 is 2.38 bits per heavy atom. The first-order valence-corrected chi connectivity index (χ1v) is 8.68. The second-order valence-electron chi connectivity index (χ2n) is 5.42. The van der Waals surface area contributed by atoms with E-state index in [9.17, 15) is 22.6 Å². The lowest BCUT2D eigenvalue weighted by atomic mass is 9.94. The fourth-order valence-electron chi connectivity index (χ4n) is 2.91. The number of amides is 2. The van der Waals surface area contributed by atoms with Gasteiger partial charge in [0, 0.05) is 42.2 Å². The molecule has 2 aromatic rings. The highest BCUT2D eigenvalue weighted by atomic mass is 32.2. The highest BCUT2D eigenvalue weighted by Crippen LogP contribution is 2.33. The molecule has 1 aliphatic rings. The number of hydrogen-bond acceptors (Lipinski definition) is 5. The number of nitrogens with zero attached hydrogens (tertiary/aromatic N) is 1. The minimum atomic E-state index is -4.47. The summed E-state index contributed by atoms with van der Waals surface area (Å²) in [5, 5.41) is 0.413. The normalized spacial score (nSPS) is 14.5. The van der Waals surface area contributed by atoms with Gasteiger partial charge in [-0.3, -0.25) is 19.0 Å². The van der Waals surface area contributed by atoms with Gasteiger partial charge in [-0.25, -0.2) is 0 Å². The van der Waals surface area contributed by atoms with E-state index in [4.69, 9.17) is 4.74 Å². The molecule has 0 aliphatic carbocycles. The molecule has 0 saturated heterocycles. The molecule has 0 spiro atoms. The van der Waals surface area contributed by atoms with Crippen molar-refractivity contribution in [1.29, 1.82) is 0 Å². The molecule has 2 amide bonds. The fraction of sp³-hybridized carbons (Fsp3) is 0.250. The predicted molar refractivity (Wildman–Crippen MR) is 85.6 cm³/mol. The molecule has 0 radical (unpaired) electrons. The van der Waals surface area contributed by atoms with Crippen LogP contribution < -0.4 is 0 Å². The smallest absolute Gasteiger partial charge is 0.295 e. The number of carbonyl (C=O) groups is 2. The maximum absolute atomic E-state index is 12.6. The van der Waals surface area contributed by atoms with Crippen molar-refractivity contribution < 1.29 is 27.3 Å². The van der Waals surface area contributed by atoms with Gasteiger partial charge in [0.1, 0.15) is 4.90 Å². The Labute approximate surface area is 138 Å². The van der Waals surface area contributed by atoms with Crippen LogP contribution in [0.25, 0.3) is 10.8 Å². The van der Waals surface area contributed by atoms with Crippen LogP contribution in [0.5, 0.6) is 0 Å². The van der Waals surface area contributed by atoms with Crippen molar-refractivity contribution in [1.82, 2.24) is 4.90 Å². The van der Waals surface area contributed by atoms with Crippen LogP contribution in [-0.2, 0) is 14.9 Å². The minimum Gasteiger partial charge on any atom is -0.385 e. The Morgan fingerprint density at radius 2 is 1.75 bits per heavy atom. The fourth-order valence-corrected chi connectivity index (χ4v) is 3.60. The lowest BCUT2D eigenvalue weighted by Gasteiger charge is -2.27. The maximum Gasteiger partial charge on any atom is 0.295 e. The van der Waals surface area contributed by atoms with Crippen molar-refractivity contribution in [2.75, 3.05) is 20.3 Å². The number of carbonyl (C=O) groups excluding carboxylic acids is 2. The zero-order valence-electron chi connectivity index (χ0n) is 12.9. The topological polar surface area (TPSA) is 101 Å². The van der Waals surface area contributed by atoms with Gasteiger partial charge in [-0.2, -0.15) is 8.42 Å². The molecule has 0 bridgehead atoms. The average Bonchev–Trinajstić information content (AvgIpc) is 2.54. The second kappa shape index (κ2) is 5.97. The van der Waals surface area contributed by atoms with Crippen molar-refractivity contribution in [2.45, 2.75) is 11.3 Å². The van der Waals surface area contributed by atoms with E-state index in [0.717, 1.165) is 4.90 Å². The van der Waals surface area contributed by atoms with E-state index < -0.39 is 21.9 Å². The summed E-state index contributed by atoms with van der Waals surface area (Å²) >= 11 is 0. The van der Waals surface area contributed by atoms with Crippen molar-refractivity contribution in [3.05, 3.63) is 41.5 Å². The van der Waals surface area contributed by atoms with Crippen LogP contribution >= 0.6 is 0 Å². The molecular weight excluding hydrogens is 334 g/mol. The molecule has 1 heterocycles. The molecule has 0 saturated carbocycles. The van der Waals surface area contributed by atoms with Gasteiger partial charge in [-0.1, -0.05) is 12.1 Å². The zero-order valence-corrected chi connectivity index (χ0v) is 13.7. The highest BCUT2D eigenvalue weighted by Gasteiger charge is 2.33. The standard InChI is InChI=1S/C16H15NO6S/c1-23-9-3-8-17-15(18)11-5-2-4-10-13(24(20,21)22)7-6-12(14(10)11)16(17)19/h2,4-7H,3,8-9H2,1H3,(H,20,21,22). The maximum atomic E-state index is 12.6. The second-order valence-corrected chi connectivity index (χ2v) is 6.81. The van der Waals surface area contributed by atoms with E-state index in [1.807, 2.05) is 0 Å². The quantitative estimate of drug-likeness (QED) is 0.501. The third-order valence-electron chi connectivity index (χ3n) is 3.96. The molecule has 7 nitrogen and oxygen atoms in total. The molecule has 0 unspecified atom stereocenters. The van der Waals surface area contributed by atoms with E-state index in [1.54, 1.807) is 0 Å². The Balaban J connectivity index is 2.19. The summed E-state index contributed by atoms with van der Waals surface area (Å²) in [5.74, 6) is -0.969. The highest BCUT2D eigenvalue weighted by molar-refractivity contribution is 7.86. The number of imide groups is 1. The lowest BCUT2D eigenvalue weighted by Crippen LogP contribution is -2.41. The predicted octanol–water partition coefficient (Wildman–Crippen LogP) is 1.72. The van der Waals surface area contributed by atoms with Crippen molar-refractivity contribution in [3.63, 3.8) is 0 Å². The Hall–Kier alpha value is -2.29. The monoisotopic (exact) mass is 349 g/mol. The van der Waals surface area contributed by atoms with Crippen molar-refractivity contribution >= 4 is 32.7 Å². The SMILES string of the molecule is COCCCN1C(=O)c2cccc3c(S(=O)(=O)O)ccc(c23)C1=O. The zero-order chi connectivity index (χ0) is 17.5. The first kappa shape index (κ1) is 16.6. The summed E-state index contributed by atoms with van der Waals surface area (Å²) in [6, 6.07) is 7.03. The molecule has 126 valence electrons. The number of rotatable bonds is 5.